The van der Waals surface area contributed by atoms with E-state index in [4.69, 9.17) is 5.73 Å². The van der Waals surface area contributed by atoms with Crippen LogP contribution in [0.2, 0.25) is 0 Å². The molecule has 2 N–H and O–H groups in total. The summed E-state index contributed by atoms with van der Waals surface area (Å²) in [6.07, 6.45) is 1.64. The summed E-state index contributed by atoms with van der Waals surface area (Å²) in [5, 5.41) is 0. The number of imide groups is 1. The molecule has 0 spiro atoms. The third-order valence-corrected chi connectivity index (χ3v) is 3.41. The number of carbonyl (C=O) groups excluding carboxylic acids is 4. The van der Waals surface area contributed by atoms with Gasteiger partial charge in [-0.15, -0.1) is 0 Å². The molecule has 7 nitrogen and oxygen atoms in total. The Morgan fingerprint density at radius 2 is 1.86 bits per heavy atom. The van der Waals surface area contributed by atoms with Crippen LogP contribution in [-0.2, 0) is 9.53 Å². The summed E-state index contributed by atoms with van der Waals surface area (Å²) in [6.45, 7) is -0.531. The van der Waals surface area contributed by atoms with Gasteiger partial charge in [-0.3, -0.25) is 19.3 Å². The molecule has 1 aliphatic carbocycles. The molecule has 0 aromatic heterocycles. The zero-order chi connectivity index (χ0) is 15.1. The van der Waals surface area contributed by atoms with E-state index in [0.29, 0.717) is 5.56 Å². The van der Waals surface area contributed by atoms with Crippen LogP contribution in [-0.4, -0.2) is 41.2 Å². The molecule has 1 fully saturated rings. The summed E-state index contributed by atoms with van der Waals surface area (Å²) in [5.41, 5.74) is 5.48. The van der Waals surface area contributed by atoms with Crippen LogP contribution in [0.4, 0.5) is 0 Å². The summed E-state index contributed by atoms with van der Waals surface area (Å²) in [5.74, 6) is -2.24. The van der Waals surface area contributed by atoms with Crippen molar-refractivity contribution in [1.29, 1.82) is 0 Å². The predicted molar refractivity (Wildman–Crippen MR) is 69.4 cm³/mol. The van der Waals surface area contributed by atoms with E-state index in [1.54, 1.807) is 0 Å². The van der Waals surface area contributed by atoms with Crippen molar-refractivity contribution in [2.75, 3.05) is 6.61 Å². The van der Waals surface area contributed by atoms with Crippen LogP contribution in [0.5, 0.6) is 0 Å². The van der Waals surface area contributed by atoms with Crippen molar-refractivity contribution in [3.8, 4) is 0 Å². The maximum Gasteiger partial charge on any atom is 0.338 e. The largest absolute Gasteiger partial charge is 0.452 e. The molecule has 1 saturated carbocycles. The Hall–Kier alpha value is -2.70. The van der Waals surface area contributed by atoms with Crippen molar-refractivity contribution in [3.05, 3.63) is 34.9 Å². The molecule has 1 heterocycles. The second kappa shape index (κ2) is 4.69. The Morgan fingerprint density at radius 3 is 2.48 bits per heavy atom. The van der Waals surface area contributed by atoms with Crippen molar-refractivity contribution >= 4 is 23.7 Å². The lowest BCUT2D eigenvalue weighted by Gasteiger charge is -2.11. The summed E-state index contributed by atoms with van der Waals surface area (Å²) in [6, 6.07) is 4.12. The summed E-state index contributed by atoms with van der Waals surface area (Å²) >= 11 is 0. The van der Waals surface area contributed by atoms with Crippen molar-refractivity contribution < 1.29 is 23.9 Å². The molecular weight excluding hydrogens is 276 g/mol. The fourth-order valence-corrected chi connectivity index (χ4v) is 2.27. The average Bonchev–Trinajstić information content (AvgIpc) is 3.25. The minimum Gasteiger partial charge on any atom is -0.452 e. The minimum atomic E-state index is -0.768. The fraction of sp³-hybridized carbons (Fsp3) is 0.286. The predicted octanol–water partition coefficient (Wildman–Crippen LogP) is 0.0871. The maximum atomic E-state index is 12.2. The Labute approximate surface area is 119 Å². The highest BCUT2D eigenvalue weighted by Gasteiger charge is 2.44. The number of benzene rings is 1. The van der Waals surface area contributed by atoms with E-state index in [1.165, 1.54) is 23.1 Å². The molecule has 0 unspecified atom stereocenters. The van der Waals surface area contributed by atoms with Gasteiger partial charge in [-0.25, -0.2) is 4.79 Å². The quantitative estimate of drug-likeness (QED) is 0.624. The minimum absolute atomic E-state index is 0.0253. The van der Waals surface area contributed by atoms with Crippen molar-refractivity contribution in [2.45, 2.75) is 18.9 Å². The van der Waals surface area contributed by atoms with Crippen LogP contribution >= 0.6 is 0 Å². The van der Waals surface area contributed by atoms with Crippen LogP contribution in [0.25, 0.3) is 0 Å². The van der Waals surface area contributed by atoms with Gasteiger partial charge in [-0.1, -0.05) is 0 Å². The molecule has 1 aromatic rings. The summed E-state index contributed by atoms with van der Waals surface area (Å²) < 4.78 is 4.67. The van der Waals surface area contributed by atoms with Crippen LogP contribution in [0, 0.1) is 0 Å². The van der Waals surface area contributed by atoms with E-state index in [0.717, 1.165) is 12.8 Å². The first-order valence-corrected chi connectivity index (χ1v) is 6.46. The van der Waals surface area contributed by atoms with E-state index in [2.05, 4.69) is 4.74 Å². The van der Waals surface area contributed by atoms with Gasteiger partial charge in [0, 0.05) is 6.04 Å². The van der Waals surface area contributed by atoms with Crippen molar-refractivity contribution in [2.24, 2.45) is 5.73 Å². The molecule has 3 amide bonds. The highest BCUT2D eigenvalue weighted by molar-refractivity contribution is 6.22. The first kappa shape index (κ1) is 13.3. The van der Waals surface area contributed by atoms with Crippen molar-refractivity contribution in [3.63, 3.8) is 0 Å². The first-order chi connectivity index (χ1) is 9.99. The molecule has 1 aromatic carbocycles. The first-order valence-electron chi connectivity index (χ1n) is 6.46. The number of nitrogens with two attached hydrogens (primary N) is 1. The number of amides is 3. The maximum absolute atomic E-state index is 12.2. The lowest BCUT2D eigenvalue weighted by Crippen LogP contribution is -2.31. The molecule has 3 rings (SSSR count). The lowest BCUT2D eigenvalue weighted by atomic mass is 10.1. The molecule has 21 heavy (non-hydrogen) atoms. The van der Waals surface area contributed by atoms with Crippen LogP contribution in [0.1, 0.15) is 43.9 Å². The Balaban J connectivity index is 1.86. The SMILES string of the molecule is NC(=O)COC(=O)c1ccc2c(c1)C(=O)N(C1CC1)C2=O. The van der Waals surface area contributed by atoms with E-state index >= 15 is 0 Å². The standard InChI is InChI=1S/C14H12N2O5/c15-11(17)6-21-14(20)7-1-4-9-10(5-7)13(19)16(12(9)18)8-2-3-8/h1,4-5,8H,2-3,6H2,(H2,15,17). The van der Waals surface area contributed by atoms with E-state index in [9.17, 15) is 19.2 Å². The molecule has 0 bridgehead atoms. The zero-order valence-corrected chi connectivity index (χ0v) is 11.0. The Bertz CT molecular complexity index is 678. The van der Waals surface area contributed by atoms with Gasteiger partial charge in [0.25, 0.3) is 17.7 Å². The summed E-state index contributed by atoms with van der Waals surface area (Å²) in [7, 11) is 0. The zero-order valence-electron chi connectivity index (χ0n) is 11.0. The van der Waals surface area contributed by atoms with E-state index in [1.807, 2.05) is 0 Å². The molecular formula is C14H12N2O5. The molecule has 0 atom stereocenters. The van der Waals surface area contributed by atoms with Gasteiger partial charge in [0.05, 0.1) is 16.7 Å². The highest BCUT2D eigenvalue weighted by atomic mass is 16.5. The third-order valence-electron chi connectivity index (χ3n) is 3.41. The fourth-order valence-electron chi connectivity index (χ4n) is 2.27. The van der Waals surface area contributed by atoms with E-state index < -0.39 is 18.5 Å². The summed E-state index contributed by atoms with van der Waals surface area (Å²) in [4.78, 5) is 47.9. The number of ether oxygens (including phenoxy) is 1. The number of rotatable bonds is 4. The number of nitrogens with zero attached hydrogens (tertiary/aromatic N) is 1. The molecule has 2 aliphatic rings. The number of hydrogen-bond acceptors (Lipinski definition) is 5. The molecule has 0 radical (unpaired) electrons. The molecule has 108 valence electrons. The van der Waals surface area contributed by atoms with Crippen LogP contribution in [0.15, 0.2) is 18.2 Å². The monoisotopic (exact) mass is 288 g/mol. The van der Waals surface area contributed by atoms with Gasteiger partial charge in [0.15, 0.2) is 6.61 Å². The van der Waals surface area contributed by atoms with Crippen LogP contribution in [0.3, 0.4) is 0 Å². The smallest absolute Gasteiger partial charge is 0.338 e. The Morgan fingerprint density at radius 1 is 1.19 bits per heavy atom. The molecule has 7 heteroatoms. The molecule has 1 aliphatic heterocycles. The third kappa shape index (κ3) is 2.26. The van der Waals surface area contributed by atoms with E-state index in [-0.39, 0.29) is 29.0 Å². The topological polar surface area (TPSA) is 107 Å². The van der Waals surface area contributed by atoms with Gasteiger partial charge >= 0.3 is 5.97 Å². The number of carbonyl (C=O) groups is 4. The van der Waals surface area contributed by atoms with Gasteiger partial charge in [0.2, 0.25) is 0 Å². The van der Waals surface area contributed by atoms with Crippen molar-refractivity contribution in [1.82, 2.24) is 4.90 Å². The average molecular weight is 288 g/mol. The highest BCUT2D eigenvalue weighted by Crippen LogP contribution is 2.34. The second-order valence-electron chi connectivity index (χ2n) is 5.01. The van der Waals surface area contributed by atoms with Gasteiger partial charge in [-0.2, -0.15) is 0 Å². The Kier molecular flexibility index (Phi) is 2.97. The lowest BCUT2D eigenvalue weighted by molar-refractivity contribution is -0.121. The number of esters is 1. The molecule has 0 saturated heterocycles. The van der Waals surface area contributed by atoms with Crippen LogP contribution < -0.4 is 5.73 Å². The number of fused-ring (bicyclic) bond motifs is 1. The number of hydrogen-bond donors (Lipinski definition) is 1. The number of primary amides is 1. The normalized spacial score (nSPS) is 16.9. The van der Waals surface area contributed by atoms with Gasteiger partial charge < -0.3 is 10.5 Å². The van der Waals surface area contributed by atoms with Gasteiger partial charge in [0.1, 0.15) is 0 Å². The van der Waals surface area contributed by atoms with Gasteiger partial charge in [-0.05, 0) is 31.0 Å². The second-order valence-corrected chi connectivity index (χ2v) is 5.01.